The van der Waals surface area contributed by atoms with Crippen molar-refractivity contribution >= 4 is 29.1 Å². The number of amides is 2. The summed E-state index contributed by atoms with van der Waals surface area (Å²) in [6, 6.07) is 7.02. The molecule has 2 aromatic rings. The predicted molar refractivity (Wildman–Crippen MR) is 104 cm³/mol. The number of halogens is 1. The van der Waals surface area contributed by atoms with Gasteiger partial charge in [-0.3, -0.25) is 0 Å². The zero-order valence-corrected chi connectivity index (χ0v) is 16.0. The Kier molecular flexibility index (Phi) is 5.13. The summed E-state index contributed by atoms with van der Waals surface area (Å²) in [4.78, 5) is 26.1. The summed E-state index contributed by atoms with van der Waals surface area (Å²) in [7, 11) is 0. The zero-order chi connectivity index (χ0) is 18.8. The molecule has 0 aliphatic carbocycles. The molecule has 27 heavy (non-hydrogen) atoms. The van der Waals surface area contributed by atoms with Crippen LogP contribution in [0.15, 0.2) is 24.3 Å². The van der Waals surface area contributed by atoms with Crippen LogP contribution in [0.3, 0.4) is 0 Å². The van der Waals surface area contributed by atoms with E-state index in [9.17, 15) is 4.79 Å². The van der Waals surface area contributed by atoms with Gasteiger partial charge in [-0.2, -0.15) is 0 Å². The van der Waals surface area contributed by atoms with Gasteiger partial charge in [0.25, 0.3) is 0 Å². The zero-order valence-electron chi connectivity index (χ0n) is 15.2. The van der Waals surface area contributed by atoms with E-state index >= 15 is 0 Å². The molecule has 1 aromatic carbocycles. The second-order valence-electron chi connectivity index (χ2n) is 6.73. The highest BCUT2D eigenvalue weighted by Crippen LogP contribution is 2.28. The average molecular weight is 388 g/mol. The Morgan fingerprint density at radius 2 is 2.04 bits per heavy atom. The van der Waals surface area contributed by atoms with Gasteiger partial charge in [-0.05, 0) is 25.1 Å². The number of nitrogens with zero attached hydrogens (tertiary/aromatic N) is 4. The monoisotopic (exact) mass is 387 g/mol. The van der Waals surface area contributed by atoms with E-state index < -0.39 is 0 Å². The van der Waals surface area contributed by atoms with Crippen molar-refractivity contribution < 1.29 is 9.53 Å². The number of benzene rings is 1. The summed E-state index contributed by atoms with van der Waals surface area (Å²) in [5.74, 6) is 1.70. The number of aryl methyl sites for hydroxylation is 1. The summed E-state index contributed by atoms with van der Waals surface area (Å²) in [6.07, 6.45) is 0.721. The van der Waals surface area contributed by atoms with Crippen molar-refractivity contribution in [1.29, 1.82) is 0 Å². The van der Waals surface area contributed by atoms with Crippen LogP contribution in [0.25, 0.3) is 0 Å². The van der Waals surface area contributed by atoms with Crippen LogP contribution in [0, 0.1) is 6.92 Å². The van der Waals surface area contributed by atoms with Crippen LogP contribution in [0.1, 0.15) is 17.1 Å². The van der Waals surface area contributed by atoms with Gasteiger partial charge < -0.3 is 19.9 Å². The van der Waals surface area contributed by atoms with Crippen LogP contribution in [-0.4, -0.2) is 53.7 Å². The van der Waals surface area contributed by atoms with Crippen LogP contribution < -0.4 is 10.2 Å². The second kappa shape index (κ2) is 7.70. The molecular weight excluding hydrogens is 366 g/mol. The molecule has 0 spiro atoms. The second-order valence-corrected chi connectivity index (χ2v) is 7.17. The minimum absolute atomic E-state index is 0.142. The summed E-state index contributed by atoms with van der Waals surface area (Å²) < 4.78 is 5.46. The number of morpholine rings is 1. The molecular formula is C19H22ClN5O2. The van der Waals surface area contributed by atoms with Crippen LogP contribution in [-0.2, 0) is 17.7 Å². The fourth-order valence-electron chi connectivity index (χ4n) is 3.50. The van der Waals surface area contributed by atoms with E-state index in [0.717, 1.165) is 42.4 Å². The molecule has 1 aromatic heterocycles. The van der Waals surface area contributed by atoms with Crippen LogP contribution in [0.2, 0.25) is 5.02 Å². The van der Waals surface area contributed by atoms with Gasteiger partial charge in [0.1, 0.15) is 11.6 Å². The molecule has 3 heterocycles. The lowest BCUT2D eigenvalue weighted by Gasteiger charge is -2.34. The van der Waals surface area contributed by atoms with Crippen LogP contribution in [0.4, 0.5) is 16.3 Å². The summed E-state index contributed by atoms with van der Waals surface area (Å²) in [6.45, 7) is 6.03. The van der Waals surface area contributed by atoms with Crippen molar-refractivity contribution in [2.75, 3.05) is 43.1 Å². The maximum Gasteiger partial charge on any atom is 0.322 e. The Labute approximate surface area is 163 Å². The molecule has 0 unspecified atom stereocenters. The minimum atomic E-state index is -0.142. The molecule has 0 atom stereocenters. The van der Waals surface area contributed by atoms with Crippen LogP contribution >= 0.6 is 11.6 Å². The molecule has 142 valence electrons. The largest absolute Gasteiger partial charge is 0.378 e. The third-order valence-electron chi connectivity index (χ3n) is 4.82. The van der Waals surface area contributed by atoms with Crippen molar-refractivity contribution in [3.05, 3.63) is 46.4 Å². The Bertz CT molecular complexity index is 854. The van der Waals surface area contributed by atoms with E-state index in [1.54, 1.807) is 17.0 Å². The summed E-state index contributed by atoms with van der Waals surface area (Å²) in [5, 5.41) is 3.51. The van der Waals surface area contributed by atoms with Gasteiger partial charge >= 0.3 is 6.03 Å². The smallest absolute Gasteiger partial charge is 0.322 e. The SMILES string of the molecule is Cc1nc2c(c(N3CCOCC3)n1)CN(C(=O)Nc1cccc(Cl)c1)CC2. The van der Waals surface area contributed by atoms with Crippen molar-refractivity contribution in [3.63, 3.8) is 0 Å². The fraction of sp³-hybridized carbons (Fsp3) is 0.421. The van der Waals surface area contributed by atoms with Gasteiger partial charge in [-0.25, -0.2) is 14.8 Å². The summed E-state index contributed by atoms with van der Waals surface area (Å²) >= 11 is 6.01. The van der Waals surface area contributed by atoms with E-state index in [2.05, 4.69) is 20.2 Å². The first kappa shape index (κ1) is 18.0. The van der Waals surface area contributed by atoms with E-state index in [0.29, 0.717) is 37.0 Å². The van der Waals surface area contributed by atoms with Gasteiger partial charge in [-0.15, -0.1) is 0 Å². The van der Waals surface area contributed by atoms with E-state index in [-0.39, 0.29) is 6.03 Å². The molecule has 0 saturated carbocycles. The maximum atomic E-state index is 12.7. The van der Waals surface area contributed by atoms with Crippen LogP contribution in [0.5, 0.6) is 0 Å². The molecule has 1 saturated heterocycles. The molecule has 0 bridgehead atoms. The molecule has 8 heteroatoms. The number of urea groups is 1. The molecule has 2 aliphatic heterocycles. The number of ether oxygens (including phenoxy) is 1. The number of carbonyl (C=O) groups excluding carboxylic acids is 1. The third kappa shape index (κ3) is 3.99. The Morgan fingerprint density at radius 1 is 1.22 bits per heavy atom. The first-order chi connectivity index (χ1) is 13.1. The van der Waals surface area contributed by atoms with E-state index in [1.165, 1.54) is 0 Å². The topological polar surface area (TPSA) is 70.6 Å². The molecule has 2 amide bonds. The van der Waals surface area contributed by atoms with Crippen molar-refractivity contribution in [2.24, 2.45) is 0 Å². The molecule has 4 rings (SSSR count). The standard InChI is InChI=1S/C19H22ClN5O2/c1-13-21-17-5-6-25(19(26)23-15-4-2-3-14(20)11-15)12-16(17)18(22-13)24-7-9-27-10-8-24/h2-4,11H,5-10,12H2,1H3,(H,23,26). The number of fused-ring (bicyclic) bond motifs is 1. The first-order valence-electron chi connectivity index (χ1n) is 9.11. The van der Waals surface area contributed by atoms with Crippen molar-refractivity contribution in [2.45, 2.75) is 19.9 Å². The Morgan fingerprint density at radius 3 is 2.81 bits per heavy atom. The van der Waals surface area contributed by atoms with Crippen molar-refractivity contribution in [3.8, 4) is 0 Å². The maximum absolute atomic E-state index is 12.7. The number of hydrogen-bond donors (Lipinski definition) is 1. The van der Waals surface area contributed by atoms with Gasteiger partial charge in [0.2, 0.25) is 0 Å². The third-order valence-corrected chi connectivity index (χ3v) is 5.06. The highest BCUT2D eigenvalue weighted by molar-refractivity contribution is 6.30. The molecule has 7 nitrogen and oxygen atoms in total. The average Bonchev–Trinajstić information content (AvgIpc) is 2.67. The van der Waals surface area contributed by atoms with Gasteiger partial charge in [0.05, 0.1) is 25.5 Å². The Hall–Kier alpha value is -2.38. The lowest BCUT2D eigenvalue weighted by Crippen LogP contribution is -2.42. The highest BCUT2D eigenvalue weighted by Gasteiger charge is 2.27. The predicted octanol–water partition coefficient (Wildman–Crippen LogP) is 2.87. The lowest BCUT2D eigenvalue weighted by molar-refractivity contribution is 0.122. The van der Waals surface area contributed by atoms with Crippen molar-refractivity contribution in [1.82, 2.24) is 14.9 Å². The number of aromatic nitrogens is 2. The van der Waals surface area contributed by atoms with Gasteiger partial charge in [0, 0.05) is 42.3 Å². The minimum Gasteiger partial charge on any atom is -0.378 e. The quantitative estimate of drug-likeness (QED) is 0.858. The fourth-order valence-corrected chi connectivity index (χ4v) is 3.69. The highest BCUT2D eigenvalue weighted by atomic mass is 35.5. The number of rotatable bonds is 2. The lowest BCUT2D eigenvalue weighted by atomic mass is 10.1. The van der Waals surface area contributed by atoms with E-state index in [4.69, 9.17) is 16.3 Å². The van der Waals surface area contributed by atoms with Gasteiger partial charge in [-0.1, -0.05) is 17.7 Å². The molecule has 2 aliphatic rings. The Balaban J connectivity index is 1.55. The molecule has 0 radical (unpaired) electrons. The van der Waals surface area contributed by atoms with E-state index in [1.807, 2.05) is 19.1 Å². The molecule has 1 fully saturated rings. The molecule has 1 N–H and O–H groups in total. The number of anilines is 2. The summed E-state index contributed by atoms with van der Waals surface area (Å²) in [5.41, 5.74) is 2.76. The number of hydrogen-bond acceptors (Lipinski definition) is 5. The first-order valence-corrected chi connectivity index (χ1v) is 9.48. The van der Waals surface area contributed by atoms with Gasteiger partial charge in [0.15, 0.2) is 0 Å². The normalized spacial score (nSPS) is 16.8. The number of carbonyl (C=O) groups is 1. The number of nitrogens with one attached hydrogen (secondary N) is 1.